The van der Waals surface area contributed by atoms with Gasteiger partial charge in [-0.3, -0.25) is 18.4 Å². The zero-order chi connectivity index (χ0) is 34.3. The molecule has 0 aromatic carbocycles. The fourth-order valence-corrected chi connectivity index (χ4v) is 7.31. The smallest absolute Gasteiger partial charge is 0.382 e. The summed E-state index contributed by atoms with van der Waals surface area (Å²) in [5.74, 6) is 9.78. The van der Waals surface area contributed by atoms with Crippen LogP contribution in [-0.2, 0) is 52.2 Å². The average Bonchev–Trinajstić information content (AvgIpc) is 3.27. The number of amides is 1. The second-order valence-electron chi connectivity index (χ2n) is 9.38. The minimum absolute atomic E-state index is 0.0585. The van der Waals surface area contributed by atoms with Gasteiger partial charge < -0.3 is 31.0 Å². The molecule has 21 nitrogen and oxygen atoms in total. The Morgan fingerprint density at radius 3 is 2.41 bits per heavy atom. The van der Waals surface area contributed by atoms with E-state index in [0.717, 1.165) is 7.11 Å². The lowest BCUT2D eigenvalue weighted by Crippen LogP contribution is -2.31. The van der Waals surface area contributed by atoms with Gasteiger partial charge in [-0.05, 0) is 18.1 Å². The van der Waals surface area contributed by atoms with Gasteiger partial charge in [-0.1, -0.05) is 25.7 Å². The average molecular weight is 711 g/mol. The molecule has 1 aliphatic heterocycles. The van der Waals surface area contributed by atoms with Gasteiger partial charge in [-0.2, -0.15) is 18.5 Å². The molecule has 1 fully saturated rings. The number of ether oxygens (including phenoxy) is 1. The van der Waals surface area contributed by atoms with Crippen LogP contribution in [0.1, 0.15) is 29.8 Å². The van der Waals surface area contributed by atoms with E-state index < -0.39 is 53.4 Å². The number of carbonyl (C=O) groups excluding carboxylic acids is 1. The van der Waals surface area contributed by atoms with Crippen molar-refractivity contribution in [2.45, 2.75) is 32.8 Å². The summed E-state index contributed by atoms with van der Waals surface area (Å²) in [6.45, 7) is 3.33. The summed E-state index contributed by atoms with van der Waals surface area (Å²) in [7, 11) is -14.0. The maximum absolute atomic E-state index is 12.8. The Labute approximate surface area is 261 Å². The molecule has 0 aliphatic carbocycles. The van der Waals surface area contributed by atoms with Gasteiger partial charge in [-0.25, -0.2) is 29.3 Å². The Bertz CT molecular complexity index is 1660. The van der Waals surface area contributed by atoms with E-state index in [1.54, 1.807) is 13.8 Å². The normalized spacial score (nSPS) is 22.2. The Kier molecular flexibility index (Phi) is 12.8. The maximum atomic E-state index is 12.8. The zero-order valence-corrected chi connectivity index (χ0v) is 27.3. The summed E-state index contributed by atoms with van der Waals surface area (Å²) in [6, 6.07) is 3.04. The van der Waals surface area contributed by atoms with E-state index in [0.29, 0.717) is 12.9 Å². The van der Waals surface area contributed by atoms with E-state index >= 15 is 0 Å². The maximum Gasteiger partial charge on any atom is 0.510 e. The molecule has 6 atom stereocenters. The van der Waals surface area contributed by atoms with Crippen molar-refractivity contribution < 1.29 is 60.2 Å². The van der Waals surface area contributed by atoms with Crippen LogP contribution in [0.4, 0.5) is 11.6 Å². The fourth-order valence-electron chi connectivity index (χ4n) is 3.74. The van der Waals surface area contributed by atoms with Crippen LogP contribution in [0.2, 0.25) is 0 Å². The highest BCUT2D eigenvalue weighted by Crippen LogP contribution is 2.70. The molecule has 0 bridgehead atoms. The number of hydrazine groups is 1. The second kappa shape index (κ2) is 15.7. The minimum atomic E-state index is -5.42. The van der Waals surface area contributed by atoms with Gasteiger partial charge >= 0.3 is 29.2 Å². The van der Waals surface area contributed by atoms with Crippen LogP contribution in [0.3, 0.4) is 0 Å². The summed E-state index contributed by atoms with van der Waals surface area (Å²) in [4.78, 5) is 55.5. The van der Waals surface area contributed by atoms with E-state index in [-0.39, 0.29) is 36.0 Å². The van der Waals surface area contributed by atoms with Crippen LogP contribution in [0.5, 0.6) is 0 Å². The molecule has 0 saturated carbocycles. The van der Waals surface area contributed by atoms with E-state index in [1.165, 1.54) is 29.1 Å². The Hall–Kier alpha value is -3.05. The number of nitrogens with one attached hydrogen (secondary N) is 2. The molecule has 2 aromatic heterocycles. The third-order valence-electron chi connectivity index (χ3n) is 6.37. The minimum Gasteiger partial charge on any atom is -0.382 e. The second-order valence-corrected chi connectivity index (χ2v) is 14.3. The quantitative estimate of drug-likeness (QED) is 0.0520. The molecular formula is C22H32N7O14P3. The lowest BCUT2D eigenvalue weighted by atomic mass is 9.93. The SMILES string of the molecule is COP(=O)(OOC1OC(Cn2cc(C#CCNC(=O)c3ccc(NN)nc3)c(N)nc2=O)C(C)C1C)OP(=O)(OC)OP(=O)(O)O. The highest BCUT2D eigenvalue weighted by atomic mass is 31.3. The first kappa shape index (κ1) is 37.4. The molecular weight excluding hydrogens is 679 g/mol. The highest BCUT2D eigenvalue weighted by molar-refractivity contribution is 7.67. The molecule has 46 heavy (non-hydrogen) atoms. The van der Waals surface area contributed by atoms with Crippen molar-refractivity contribution in [3.05, 3.63) is 46.1 Å². The van der Waals surface area contributed by atoms with E-state index in [1.807, 2.05) is 0 Å². The zero-order valence-electron chi connectivity index (χ0n) is 24.7. The Morgan fingerprint density at radius 2 is 1.83 bits per heavy atom. The van der Waals surface area contributed by atoms with E-state index in [9.17, 15) is 23.3 Å². The van der Waals surface area contributed by atoms with Gasteiger partial charge in [0.25, 0.3) is 5.91 Å². The predicted molar refractivity (Wildman–Crippen MR) is 157 cm³/mol. The molecule has 3 heterocycles. The third-order valence-corrected chi connectivity index (χ3v) is 10.8. The molecule has 0 radical (unpaired) electrons. The van der Waals surface area contributed by atoms with Crippen LogP contribution < -0.4 is 28.0 Å². The molecule has 6 unspecified atom stereocenters. The first-order valence-electron chi connectivity index (χ1n) is 12.9. The number of nitrogens with zero attached hydrogens (tertiary/aromatic N) is 3. The van der Waals surface area contributed by atoms with Gasteiger partial charge in [0.05, 0.1) is 30.3 Å². The lowest BCUT2D eigenvalue weighted by molar-refractivity contribution is -0.330. The van der Waals surface area contributed by atoms with Crippen molar-refractivity contribution in [2.24, 2.45) is 17.7 Å². The molecule has 3 rings (SSSR count). The van der Waals surface area contributed by atoms with Crippen molar-refractivity contribution in [3.8, 4) is 11.8 Å². The fraction of sp³-hybridized carbons (Fsp3) is 0.455. The summed E-state index contributed by atoms with van der Waals surface area (Å²) in [5, 5.41) is 2.60. The summed E-state index contributed by atoms with van der Waals surface area (Å²) >= 11 is 0. The number of rotatable bonds is 14. The monoisotopic (exact) mass is 711 g/mol. The summed E-state index contributed by atoms with van der Waals surface area (Å²) in [6.07, 6.45) is 0.755. The Balaban J connectivity index is 1.64. The number of hydrogen-bond donors (Lipinski definition) is 6. The molecule has 254 valence electrons. The van der Waals surface area contributed by atoms with Crippen LogP contribution in [0.25, 0.3) is 0 Å². The van der Waals surface area contributed by atoms with Gasteiger partial charge in [0.1, 0.15) is 11.6 Å². The largest absolute Gasteiger partial charge is 0.510 e. The number of nitrogen functional groups attached to an aromatic ring is 2. The number of hydrogen-bond acceptors (Lipinski definition) is 17. The van der Waals surface area contributed by atoms with E-state index in [2.05, 4.69) is 50.2 Å². The highest BCUT2D eigenvalue weighted by Gasteiger charge is 2.47. The number of anilines is 2. The number of pyridine rings is 1. The van der Waals surface area contributed by atoms with Crippen LogP contribution in [0.15, 0.2) is 29.3 Å². The number of aromatic nitrogens is 3. The van der Waals surface area contributed by atoms with Crippen molar-refractivity contribution in [3.63, 3.8) is 0 Å². The van der Waals surface area contributed by atoms with Crippen molar-refractivity contribution in [1.29, 1.82) is 0 Å². The molecule has 24 heteroatoms. The first-order valence-corrected chi connectivity index (χ1v) is 17.3. The van der Waals surface area contributed by atoms with Crippen molar-refractivity contribution in [2.75, 3.05) is 31.9 Å². The molecule has 2 aromatic rings. The van der Waals surface area contributed by atoms with Crippen LogP contribution in [0, 0.1) is 23.7 Å². The number of nitrogens with two attached hydrogens (primary N) is 2. The van der Waals surface area contributed by atoms with Crippen LogP contribution >= 0.6 is 23.5 Å². The number of carbonyl (C=O) groups is 1. The van der Waals surface area contributed by atoms with Gasteiger partial charge in [0.15, 0.2) is 6.29 Å². The summed E-state index contributed by atoms with van der Waals surface area (Å²) < 4.78 is 65.3. The Morgan fingerprint density at radius 1 is 1.13 bits per heavy atom. The molecule has 8 N–H and O–H groups in total. The molecule has 0 spiro atoms. The topological polar surface area (TPSA) is 297 Å². The van der Waals surface area contributed by atoms with Gasteiger partial charge in [0, 0.05) is 32.5 Å². The molecule has 1 saturated heterocycles. The summed E-state index contributed by atoms with van der Waals surface area (Å²) in [5.41, 5.74) is 8.00. The molecule has 1 amide bonds. The van der Waals surface area contributed by atoms with Crippen molar-refractivity contribution in [1.82, 2.24) is 19.9 Å². The van der Waals surface area contributed by atoms with E-state index in [4.69, 9.17) is 35.7 Å². The van der Waals surface area contributed by atoms with Gasteiger partial charge in [-0.15, -0.1) is 4.67 Å². The lowest BCUT2D eigenvalue weighted by Gasteiger charge is -2.22. The van der Waals surface area contributed by atoms with Gasteiger partial charge in [0.2, 0.25) is 0 Å². The van der Waals surface area contributed by atoms with Crippen molar-refractivity contribution >= 4 is 41.0 Å². The molecule has 1 aliphatic rings. The standard InChI is InChI=1S/C22H32N7O14P3/c1-13-14(2)21(40-41-45(35,37-3)43-46(36,38-4)42-44(32,33)34)39-17(13)12-29-11-16(19(23)27-22(29)31)6-5-9-25-20(30)15-7-8-18(28-24)26-10-15/h7-8,10-11,13-14,17,21H,9,12,24H2,1-4H3,(H,25,30)(H,26,28)(H2,23,27,31)(H2,32,33,34). The third kappa shape index (κ3) is 10.2. The first-order chi connectivity index (χ1) is 21.5. The van der Waals surface area contributed by atoms with Crippen LogP contribution in [-0.4, -0.2) is 63.4 Å². The predicted octanol–water partition coefficient (Wildman–Crippen LogP) is 0.868. The number of phosphoric acid groups is 3.